The van der Waals surface area contributed by atoms with Crippen molar-refractivity contribution in [3.63, 3.8) is 0 Å². The minimum atomic E-state index is 0.700. The Morgan fingerprint density at radius 3 is 2.29 bits per heavy atom. The van der Waals surface area contributed by atoms with Crippen LogP contribution >= 0.6 is 12.2 Å². The molecule has 0 radical (unpaired) electrons. The molecule has 3 heteroatoms. The lowest BCUT2D eigenvalue weighted by atomic mass is 10.1. The third-order valence-electron chi connectivity index (χ3n) is 4.24. The molecule has 0 heterocycles. The van der Waals surface area contributed by atoms with E-state index < -0.39 is 0 Å². The van der Waals surface area contributed by atoms with Gasteiger partial charge in [0.2, 0.25) is 0 Å². The number of aliphatic imine (C=N–C) groups is 1. The van der Waals surface area contributed by atoms with Crippen molar-refractivity contribution in [2.75, 3.05) is 13.2 Å². The second kappa shape index (κ2) is 15.4. The number of nitrogens with zero attached hydrogens (tertiary/aromatic N) is 1. The SMILES string of the molecule is CCCCCCCCCCCCOc1cccc(CCN=C=S)c1. The lowest BCUT2D eigenvalue weighted by Gasteiger charge is -2.08. The van der Waals surface area contributed by atoms with E-state index in [1.165, 1.54) is 63.4 Å². The lowest BCUT2D eigenvalue weighted by Crippen LogP contribution is -1.98. The summed E-state index contributed by atoms with van der Waals surface area (Å²) in [6, 6.07) is 8.29. The molecular formula is C21H33NOS. The van der Waals surface area contributed by atoms with Crippen LogP contribution in [0.15, 0.2) is 29.3 Å². The van der Waals surface area contributed by atoms with Gasteiger partial charge >= 0.3 is 0 Å². The van der Waals surface area contributed by atoms with Gasteiger partial charge in [-0.25, -0.2) is 4.99 Å². The van der Waals surface area contributed by atoms with Crippen LogP contribution in [0.25, 0.3) is 0 Å². The maximum absolute atomic E-state index is 5.86. The van der Waals surface area contributed by atoms with Crippen LogP contribution in [0.3, 0.4) is 0 Å². The van der Waals surface area contributed by atoms with Crippen LogP contribution in [0.5, 0.6) is 5.75 Å². The fraction of sp³-hybridized carbons (Fsp3) is 0.667. The largest absolute Gasteiger partial charge is 0.494 e. The van der Waals surface area contributed by atoms with Gasteiger partial charge in [0.15, 0.2) is 0 Å². The molecule has 0 aliphatic heterocycles. The Kier molecular flexibility index (Phi) is 13.3. The first-order chi connectivity index (χ1) is 11.9. The van der Waals surface area contributed by atoms with Crippen LogP contribution in [0.2, 0.25) is 0 Å². The van der Waals surface area contributed by atoms with Gasteiger partial charge in [-0.2, -0.15) is 0 Å². The highest BCUT2D eigenvalue weighted by Crippen LogP contribution is 2.15. The average Bonchev–Trinajstić information content (AvgIpc) is 2.60. The number of thiocarbonyl (C=S) groups is 1. The number of rotatable bonds is 15. The number of benzene rings is 1. The highest BCUT2D eigenvalue weighted by Gasteiger charge is 1.98. The molecule has 0 bridgehead atoms. The summed E-state index contributed by atoms with van der Waals surface area (Å²) in [7, 11) is 0. The van der Waals surface area contributed by atoms with Gasteiger partial charge < -0.3 is 4.74 Å². The molecule has 0 fully saturated rings. The Labute approximate surface area is 153 Å². The van der Waals surface area contributed by atoms with Crippen LogP contribution in [0.1, 0.15) is 76.7 Å². The molecule has 134 valence electrons. The summed E-state index contributed by atoms with van der Waals surface area (Å²) in [6.07, 6.45) is 14.4. The topological polar surface area (TPSA) is 21.6 Å². The Hall–Kier alpha value is -1.18. The highest BCUT2D eigenvalue weighted by molar-refractivity contribution is 7.78. The van der Waals surface area contributed by atoms with E-state index in [0.717, 1.165) is 25.2 Å². The zero-order chi connectivity index (χ0) is 17.3. The van der Waals surface area contributed by atoms with Gasteiger partial charge in [-0.1, -0.05) is 76.8 Å². The standard InChI is InChI=1S/C21H33NOS/c1-2-3-4-5-6-7-8-9-10-11-17-23-21-14-12-13-20(18-21)15-16-22-19-24/h12-14,18H,2-11,15-17H2,1H3. The summed E-state index contributed by atoms with van der Waals surface area (Å²) in [6.45, 7) is 3.79. The Balaban J connectivity index is 2.01. The smallest absolute Gasteiger partial charge is 0.119 e. The molecule has 1 rings (SSSR count). The molecule has 0 spiro atoms. The summed E-state index contributed by atoms with van der Waals surface area (Å²) in [4.78, 5) is 3.95. The van der Waals surface area contributed by atoms with Crippen molar-refractivity contribution >= 4 is 17.4 Å². The van der Waals surface area contributed by atoms with E-state index in [1.54, 1.807) is 0 Å². The number of hydrogen-bond donors (Lipinski definition) is 0. The van der Waals surface area contributed by atoms with Gasteiger partial charge in [-0.3, -0.25) is 0 Å². The van der Waals surface area contributed by atoms with Crippen LogP contribution in [0, 0.1) is 0 Å². The second-order valence-electron chi connectivity index (χ2n) is 6.40. The highest BCUT2D eigenvalue weighted by atomic mass is 32.1. The maximum atomic E-state index is 5.86. The van der Waals surface area contributed by atoms with Crippen molar-refractivity contribution in [1.29, 1.82) is 0 Å². The van der Waals surface area contributed by atoms with Crippen molar-refractivity contribution in [2.24, 2.45) is 4.99 Å². The van der Waals surface area contributed by atoms with E-state index >= 15 is 0 Å². The zero-order valence-electron chi connectivity index (χ0n) is 15.3. The van der Waals surface area contributed by atoms with Crippen LogP contribution in [0.4, 0.5) is 0 Å². The minimum Gasteiger partial charge on any atom is -0.494 e. The molecular weight excluding hydrogens is 314 g/mol. The molecule has 0 saturated heterocycles. The van der Waals surface area contributed by atoms with E-state index in [1.807, 2.05) is 12.1 Å². The van der Waals surface area contributed by atoms with E-state index in [4.69, 9.17) is 4.74 Å². The van der Waals surface area contributed by atoms with Gasteiger partial charge in [-0.05, 0) is 42.8 Å². The molecule has 0 unspecified atom stereocenters. The van der Waals surface area contributed by atoms with Crippen molar-refractivity contribution in [3.05, 3.63) is 29.8 Å². The van der Waals surface area contributed by atoms with Gasteiger partial charge in [0.05, 0.1) is 18.3 Å². The molecule has 2 nitrogen and oxygen atoms in total. The molecule has 0 aliphatic rings. The van der Waals surface area contributed by atoms with Crippen molar-refractivity contribution < 1.29 is 4.74 Å². The first-order valence-corrected chi connectivity index (χ1v) is 10.0. The number of ether oxygens (including phenoxy) is 1. The lowest BCUT2D eigenvalue weighted by molar-refractivity contribution is 0.304. The Bertz CT molecular complexity index is 469. The van der Waals surface area contributed by atoms with Crippen LogP contribution in [-0.4, -0.2) is 18.3 Å². The minimum absolute atomic E-state index is 0.700. The van der Waals surface area contributed by atoms with E-state index in [0.29, 0.717) is 6.54 Å². The number of unbranched alkanes of at least 4 members (excludes halogenated alkanes) is 9. The van der Waals surface area contributed by atoms with Crippen LogP contribution < -0.4 is 4.74 Å². The van der Waals surface area contributed by atoms with E-state index in [2.05, 4.69) is 41.4 Å². The molecule has 1 aromatic rings. The fourth-order valence-corrected chi connectivity index (χ4v) is 2.89. The first-order valence-electron chi connectivity index (χ1n) is 9.62. The molecule has 0 atom stereocenters. The van der Waals surface area contributed by atoms with Crippen molar-refractivity contribution in [1.82, 2.24) is 0 Å². The van der Waals surface area contributed by atoms with Gasteiger partial charge in [0.1, 0.15) is 5.75 Å². The average molecular weight is 348 g/mol. The molecule has 0 amide bonds. The van der Waals surface area contributed by atoms with E-state index in [-0.39, 0.29) is 0 Å². The second-order valence-corrected chi connectivity index (χ2v) is 6.58. The fourth-order valence-electron chi connectivity index (χ4n) is 2.80. The quantitative estimate of drug-likeness (QED) is 0.202. The molecule has 0 saturated carbocycles. The van der Waals surface area contributed by atoms with Crippen molar-refractivity contribution in [2.45, 2.75) is 77.6 Å². The monoisotopic (exact) mass is 347 g/mol. The van der Waals surface area contributed by atoms with E-state index in [9.17, 15) is 0 Å². The predicted octanol–water partition coefficient (Wildman–Crippen LogP) is 6.63. The molecule has 0 aromatic heterocycles. The summed E-state index contributed by atoms with van der Waals surface area (Å²) in [5, 5.41) is 2.40. The molecule has 24 heavy (non-hydrogen) atoms. The third kappa shape index (κ3) is 11.4. The number of isothiocyanates is 1. The maximum Gasteiger partial charge on any atom is 0.119 e. The summed E-state index contributed by atoms with van der Waals surface area (Å²) in [5.74, 6) is 0.967. The third-order valence-corrected chi connectivity index (χ3v) is 4.37. The summed E-state index contributed by atoms with van der Waals surface area (Å²) in [5.41, 5.74) is 1.24. The zero-order valence-corrected chi connectivity index (χ0v) is 16.1. The Morgan fingerprint density at radius 1 is 0.958 bits per heavy atom. The predicted molar refractivity (Wildman–Crippen MR) is 107 cm³/mol. The molecule has 1 aromatic carbocycles. The van der Waals surface area contributed by atoms with Crippen LogP contribution in [-0.2, 0) is 6.42 Å². The van der Waals surface area contributed by atoms with Gasteiger partial charge in [0.25, 0.3) is 0 Å². The first kappa shape index (κ1) is 20.9. The van der Waals surface area contributed by atoms with Gasteiger partial charge in [-0.15, -0.1) is 0 Å². The normalized spacial score (nSPS) is 10.4. The molecule has 0 aliphatic carbocycles. The summed E-state index contributed by atoms with van der Waals surface area (Å²) >= 11 is 4.58. The Morgan fingerprint density at radius 2 is 1.62 bits per heavy atom. The molecule has 0 N–H and O–H groups in total. The van der Waals surface area contributed by atoms with Crippen molar-refractivity contribution in [3.8, 4) is 5.75 Å². The number of hydrogen-bond acceptors (Lipinski definition) is 3. The van der Waals surface area contributed by atoms with Gasteiger partial charge in [0, 0.05) is 0 Å². The summed E-state index contributed by atoms with van der Waals surface area (Å²) < 4.78 is 5.86.